The molecule has 0 radical (unpaired) electrons. The molecule has 0 saturated carbocycles. The molecule has 2 aliphatic heterocycles. The normalized spacial score (nSPS) is 26.5. The molecule has 1 aromatic rings. The molecular weight excluding hydrogens is 316 g/mol. The SMILES string of the molecule is CCc1csc(CC2CCN(CC3CCCS3(=O)=O)CC2)n1. The second kappa shape index (κ2) is 6.97. The quantitative estimate of drug-likeness (QED) is 0.825. The molecule has 0 N–H and O–H groups in total. The molecule has 0 amide bonds. The molecule has 1 aromatic heterocycles. The van der Waals surface area contributed by atoms with E-state index in [9.17, 15) is 8.42 Å². The van der Waals surface area contributed by atoms with Crippen molar-refractivity contribution in [1.29, 1.82) is 0 Å². The van der Waals surface area contributed by atoms with Gasteiger partial charge in [-0.3, -0.25) is 0 Å². The van der Waals surface area contributed by atoms with Crippen molar-refractivity contribution < 1.29 is 8.42 Å². The highest BCUT2D eigenvalue weighted by Crippen LogP contribution is 2.26. The Hall–Kier alpha value is -0.460. The smallest absolute Gasteiger partial charge is 0.154 e. The second-order valence-corrected chi connectivity index (χ2v) is 10.0. The summed E-state index contributed by atoms with van der Waals surface area (Å²) in [7, 11) is -2.80. The first-order chi connectivity index (χ1) is 10.6. The molecular formula is C16H26N2O2S2. The van der Waals surface area contributed by atoms with E-state index in [1.165, 1.54) is 23.5 Å². The molecule has 3 heterocycles. The fourth-order valence-corrected chi connectivity index (χ4v) is 6.44. The number of hydrogen-bond acceptors (Lipinski definition) is 5. The first kappa shape index (κ1) is 16.4. The first-order valence-electron chi connectivity index (χ1n) is 8.44. The number of likely N-dealkylation sites (tertiary alicyclic amines) is 1. The minimum absolute atomic E-state index is 0.102. The summed E-state index contributed by atoms with van der Waals surface area (Å²) >= 11 is 1.79. The molecule has 2 saturated heterocycles. The van der Waals surface area contributed by atoms with Crippen LogP contribution < -0.4 is 0 Å². The number of sulfone groups is 1. The van der Waals surface area contributed by atoms with E-state index in [4.69, 9.17) is 0 Å². The predicted octanol–water partition coefficient (Wildman–Crippen LogP) is 2.54. The molecule has 0 aliphatic carbocycles. The molecule has 22 heavy (non-hydrogen) atoms. The van der Waals surface area contributed by atoms with Gasteiger partial charge < -0.3 is 4.90 Å². The lowest BCUT2D eigenvalue weighted by Gasteiger charge is -2.33. The van der Waals surface area contributed by atoms with Gasteiger partial charge in [0.15, 0.2) is 9.84 Å². The molecule has 1 atom stereocenters. The van der Waals surface area contributed by atoms with Gasteiger partial charge in [0.1, 0.15) is 0 Å². The van der Waals surface area contributed by atoms with E-state index >= 15 is 0 Å². The van der Waals surface area contributed by atoms with Gasteiger partial charge in [-0.15, -0.1) is 11.3 Å². The number of thiazole rings is 1. The van der Waals surface area contributed by atoms with Crippen molar-refractivity contribution in [3.05, 3.63) is 16.1 Å². The van der Waals surface area contributed by atoms with Crippen LogP contribution in [0.2, 0.25) is 0 Å². The summed E-state index contributed by atoms with van der Waals surface area (Å²) in [4.78, 5) is 7.03. The highest BCUT2D eigenvalue weighted by molar-refractivity contribution is 7.92. The third-order valence-electron chi connectivity index (χ3n) is 5.06. The molecule has 4 nitrogen and oxygen atoms in total. The van der Waals surface area contributed by atoms with Crippen molar-refractivity contribution in [3.63, 3.8) is 0 Å². The van der Waals surface area contributed by atoms with Crippen LogP contribution in [0, 0.1) is 5.92 Å². The fraction of sp³-hybridized carbons (Fsp3) is 0.812. The lowest BCUT2D eigenvalue weighted by Crippen LogP contribution is -2.40. The molecule has 1 unspecified atom stereocenters. The monoisotopic (exact) mass is 342 g/mol. The number of nitrogens with zero attached hydrogens (tertiary/aromatic N) is 2. The molecule has 2 aliphatic rings. The Bertz CT molecular complexity index is 589. The topological polar surface area (TPSA) is 50.3 Å². The minimum atomic E-state index is -2.80. The fourth-order valence-electron chi connectivity index (χ4n) is 3.58. The number of rotatable bonds is 5. The van der Waals surface area contributed by atoms with Crippen LogP contribution in [-0.2, 0) is 22.7 Å². The largest absolute Gasteiger partial charge is 0.302 e. The van der Waals surface area contributed by atoms with E-state index in [1.807, 2.05) is 0 Å². The predicted molar refractivity (Wildman–Crippen MR) is 91.2 cm³/mol. The Labute approximate surface area is 137 Å². The van der Waals surface area contributed by atoms with Gasteiger partial charge in [0.25, 0.3) is 0 Å². The third-order valence-corrected chi connectivity index (χ3v) is 8.23. The maximum Gasteiger partial charge on any atom is 0.154 e. The number of piperidine rings is 1. The highest BCUT2D eigenvalue weighted by atomic mass is 32.2. The maximum absolute atomic E-state index is 11.9. The Kier molecular flexibility index (Phi) is 5.20. The van der Waals surface area contributed by atoms with Gasteiger partial charge in [-0.25, -0.2) is 13.4 Å². The standard InChI is InChI=1S/C16H26N2O2S2/c1-2-14-12-21-16(17-14)10-13-5-7-18(8-6-13)11-15-4-3-9-22(15,19)20/h12-13,15H,2-11H2,1H3. The van der Waals surface area contributed by atoms with E-state index in [0.29, 0.717) is 11.7 Å². The van der Waals surface area contributed by atoms with Crippen molar-refractivity contribution >= 4 is 21.2 Å². The van der Waals surface area contributed by atoms with Crippen LogP contribution >= 0.6 is 11.3 Å². The average molecular weight is 343 g/mol. The molecule has 124 valence electrons. The van der Waals surface area contributed by atoms with Crippen LogP contribution in [0.3, 0.4) is 0 Å². The number of aryl methyl sites for hydroxylation is 1. The number of hydrogen-bond donors (Lipinski definition) is 0. The van der Waals surface area contributed by atoms with Crippen LogP contribution in [0.5, 0.6) is 0 Å². The maximum atomic E-state index is 11.9. The molecule has 3 rings (SSSR count). The van der Waals surface area contributed by atoms with Crippen LogP contribution in [0.4, 0.5) is 0 Å². The molecule has 2 fully saturated rings. The molecule has 6 heteroatoms. The van der Waals surface area contributed by atoms with E-state index in [2.05, 4.69) is 22.2 Å². The van der Waals surface area contributed by atoms with E-state index < -0.39 is 9.84 Å². The van der Waals surface area contributed by atoms with Crippen molar-refractivity contribution in [2.75, 3.05) is 25.4 Å². The van der Waals surface area contributed by atoms with Crippen LogP contribution in [0.1, 0.15) is 43.3 Å². The molecule has 0 bridgehead atoms. The van der Waals surface area contributed by atoms with Gasteiger partial charge in [-0.05, 0) is 51.1 Å². The zero-order valence-corrected chi connectivity index (χ0v) is 15.0. The van der Waals surface area contributed by atoms with Crippen LogP contribution in [0.15, 0.2) is 5.38 Å². The van der Waals surface area contributed by atoms with Crippen LogP contribution in [0.25, 0.3) is 0 Å². The lowest BCUT2D eigenvalue weighted by molar-refractivity contribution is 0.183. The zero-order valence-electron chi connectivity index (χ0n) is 13.3. The van der Waals surface area contributed by atoms with Gasteiger partial charge in [-0.2, -0.15) is 0 Å². The van der Waals surface area contributed by atoms with Gasteiger partial charge in [0, 0.05) is 18.3 Å². The van der Waals surface area contributed by atoms with Gasteiger partial charge in [0.05, 0.1) is 21.7 Å². The van der Waals surface area contributed by atoms with Crippen molar-refractivity contribution in [2.45, 2.75) is 50.7 Å². The van der Waals surface area contributed by atoms with Crippen molar-refractivity contribution in [1.82, 2.24) is 9.88 Å². The Balaban J connectivity index is 1.46. The Morgan fingerprint density at radius 2 is 2.09 bits per heavy atom. The first-order valence-corrected chi connectivity index (χ1v) is 11.0. The molecule has 0 aromatic carbocycles. The summed E-state index contributed by atoms with van der Waals surface area (Å²) in [6.07, 6.45) is 6.18. The Morgan fingerprint density at radius 3 is 2.68 bits per heavy atom. The highest BCUT2D eigenvalue weighted by Gasteiger charge is 2.33. The van der Waals surface area contributed by atoms with Gasteiger partial charge in [-0.1, -0.05) is 6.92 Å². The second-order valence-electron chi connectivity index (χ2n) is 6.67. The summed E-state index contributed by atoms with van der Waals surface area (Å²) < 4.78 is 23.9. The summed E-state index contributed by atoms with van der Waals surface area (Å²) in [5.74, 6) is 1.12. The summed E-state index contributed by atoms with van der Waals surface area (Å²) in [5.41, 5.74) is 1.21. The lowest BCUT2D eigenvalue weighted by atomic mass is 9.93. The summed E-state index contributed by atoms with van der Waals surface area (Å²) in [6.45, 7) is 4.99. The number of aromatic nitrogens is 1. The zero-order chi connectivity index (χ0) is 15.6. The molecule has 0 spiro atoms. The van der Waals surface area contributed by atoms with Crippen molar-refractivity contribution in [3.8, 4) is 0 Å². The van der Waals surface area contributed by atoms with E-state index in [-0.39, 0.29) is 5.25 Å². The average Bonchev–Trinajstić information content (AvgIpc) is 3.08. The van der Waals surface area contributed by atoms with Gasteiger partial charge >= 0.3 is 0 Å². The van der Waals surface area contributed by atoms with Gasteiger partial charge in [0.2, 0.25) is 0 Å². The third kappa shape index (κ3) is 3.89. The van der Waals surface area contributed by atoms with E-state index in [0.717, 1.165) is 45.3 Å². The summed E-state index contributed by atoms with van der Waals surface area (Å²) in [5, 5.41) is 3.35. The Morgan fingerprint density at radius 1 is 1.32 bits per heavy atom. The van der Waals surface area contributed by atoms with Crippen LogP contribution in [-0.4, -0.2) is 48.9 Å². The van der Waals surface area contributed by atoms with E-state index in [1.54, 1.807) is 11.3 Å². The minimum Gasteiger partial charge on any atom is -0.302 e. The summed E-state index contributed by atoms with van der Waals surface area (Å²) in [6, 6.07) is 0. The van der Waals surface area contributed by atoms with Crippen molar-refractivity contribution in [2.24, 2.45) is 5.92 Å².